The molecule has 0 radical (unpaired) electrons. The van der Waals surface area contributed by atoms with E-state index in [-0.39, 0.29) is 0 Å². The van der Waals surface area contributed by atoms with Gasteiger partial charge in [-0.05, 0) is 37.6 Å². The number of rotatable bonds is 3. The Labute approximate surface area is 112 Å². The zero-order valence-corrected chi connectivity index (χ0v) is 11.3. The lowest BCUT2D eigenvalue weighted by Crippen LogP contribution is -2.24. The van der Waals surface area contributed by atoms with E-state index in [4.69, 9.17) is 11.6 Å². The largest absolute Gasteiger partial charge is 0.385 e. The van der Waals surface area contributed by atoms with Crippen LogP contribution >= 0.6 is 11.6 Å². The van der Waals surface area contributed by atoms with E-state index < -0.39 is 5.60 Å². The van der Waals surface area contributed by atoms with Gasteiger partial charge in [0.1, 0.15) is 0 Å². The highest BCUT2D eigenvalue weighted by atomic mass is 35.5. The fraction of sp³-hybridized carbons (Fsp3) is 0.267. The monoisotopic (exact) mass is 261 g/mol. The van der Waals surface area contributed by atoms with Gasteiger partial charge in [-0.1, -0.05) is 29.8 Å². The summed E-state index contributed by atoms with van der Waals surface area (Å²) in [5.41, 5.74) is 1.89. The molecule has 0 aliphatic rings. The average molecular weight is 262 g/mol. The first-order valence-corrected chi connectivity index (χ1v) is 6.25. The lowest BCUT2D eigenvalue weighted by molar-refractivity contribution is 0.0572. The van der Waals surface area contributed by atoms with E-state index in [1.165, 1.54) is 0 Å². The van der Waals surface area contributed by atoms with Crippen molar-refractivity contribution in [3.05, 3.63) is 64.4 Å². The van der Waals surface area contributed by atoms with Crippen LogP contribution in [0.1, 0.15) is 23.7 Å². The summed E-state index contributed by atoms with van der Waals surface area (Å²) in [5.74, 6) is 0. The molecular formula is C15H16ClNO. The molecule has 1 aromatic carbocycles. The third-order valence-electron chi connectivity index (χ3n) is 2.99. The Hall–Kier alpha value is -1.38. The highest BCUT2D eigenvalue weighted by molar-refractivity contribution is 6.30. The van der Waals surface area contributed by atoms with Crippen LogP contribution in [0.15, 0.2) is 42.6 Å². The summed E-state index contributed by atoms with van der Waals surface area (Å²) in [7, 11) is 0. The summed E-state index contributed by atoms with van der Waals surface area (Å²) in [5, 5.41) is 11.2. The summed E-state index contributed by atoms with van der Waals surface area (Å²) < 4.78 is 0. The molecule has 3 heteroatoms. The Morgan fingerprint density at radius 2 is 1.83 bits per heavy atom. The molecule has 0 saturated heterocycles. The van der Waals surface area contributed by atoms with Crippen molar-refractivity contribution < 1.29 is 5.11 Å². The summed E-state index contributed by atoms with van der Waals surface area (Å²) in [4.78, 5) is 4.22. The Morgan fingerprint density at radius 1 is 1.17 bits per heavy atom. The minimum atomic E-state index is -0.922. The number of pyridine rings is 1. The number of aliphatic hydroxyl groups is 1. The third-order valence-corrected chi connectivity index (χ3v) is 3.25. The standard InChI is InChI=1S/C15H16ClNO/c1-11-3-6-13(10-17-11)15(2,18)9-12-4-7-14(16)8-5-12/h3-8,10,18H,9H2,1-2H3/t15-/m0/s1. The van der Waals surface area contributed by atoms with Gasteiger partial charge in [0, 0.05) is 28.9 Å². The number of benzene rings is 1. The summed E-state index contributed by atoms with van der Waals surface area (Å²) >= 11 is 5.84. The predicted octanol–water partition coefficient (Wildman–Crippen LogP) is 3.49. The second-order valence-electron chi connectivity index (χ2n) is 4.77. The highest BCUT2D eigenvalue weighted by Crippen LogP contribution is 2.25. The quantitative estimate of drug-likeness (QED) is 0.917. The number of aryl methyl sites for hydroxylation is 1. The fourth-order valence-corrected chi connectivity index (χ4v) is 2.01. The van der Waals surface area contributed by atoms with Crippen molar-refractivity contribution in [2.45, 2.75) is 25.9 Å². The van der Waals surface area contributed by atoms with E-state index in [0.717, 1.165) is 16.8 Å². The van der Waals surface area contributed by atoms with Crippen LogP contribution in [0.25, 0.3) is 0 Å². The molecule has 0 amide bonds. The van der Waals surface area contributed by atoms with Gasteiger partial charge in [-0.25, -0.2) is 0 Å². The van der Waals surface area contributed by atoms with Gasteiger partial charge in [0.05, 0.1) is 5.60 Å². The number of aromatic nitrogens is 1. The van der Waals surface area contributed by atoms with Gasteiger partial charge in [-0.2, -0.15) is 0 Å². The second kappa shape index (κ2) is 5.09. The van der Waals surface area contributed by atoms with E-state index in [0.29, 0.717) is 11.4 Å². The van der Waals surface area contributed by atoms with Crippen LogP contribution in [0.2, 0.25) is 5.02 Å². The molecule has 1 heterocycles. The molecule has 0 bridgehead atoms. The molecule has 2 aromatic rings. The van der Waals surface area contributed by atoms with Crippen LogP contribution in [-0.2, 0) is 12.0 Å². The van der Waals surface area contributed by atoms with Crippen LogP contribution in [0, 0.1) is 6.92 Å². The molecule has 1 N–H and O–H groups in total. The van der Waals surface area contributed by atoms with E-state index in [9.17, 15) is 5.11 Å². The topological polar surface area (TPSA) is 33.1 Å². The average Bonchev–Trinajstić information content (AvgIpc) is 2.32. The number of hydrogen-bond acceptors (Lipinski definition) is 2. The molecule has 0 aliphatic carbocycles. The molecule has 2 nitrogen and oxygen atoms in total. The minimum Gasteiger partial charge on any atom is -0.385 e. The zero-order chi connectivity index (χ0) is 13.2. The summed E-state index contributed by atoms with van der Waals surface area (Å²) in [6.45, 7) is 3.73. The van der Waals surface area contributed by atoms with E-state index in [1.807, 2.05) is 43.3 Å². The van der Waals surface area contributed by atoms with Crippen LogP contribution < -0.4 is 0 Å². The maximum atomic E-state index is 10.5. The van der Waals surface area contributed by atoms with E-state index in [2.05, 4.69) is 4.98 Å². The van der Waals surface area contributed by atoms with Crippen molar-refractivity contribution in [3.8, 4) is 0 Å². The van der Waals surface area contributed by atoms with Gasteiger partial charge in [0.2, 0.25) is 0 Å². The number of nitrogens with zero attached hydrogens (tertiary/aromatic N) is 1. The Bertz CT molecular complexity index is 517. The molecule has 94 valence electrons. The van der Waals surface area contributed by atoms with Crippen molar-refractivity contribution in [3.63, 3.8) is 0 Å². The van der Waals surface area contributed by atoms with E-state index in [1.54, 1.807) is 13.1 Å². The third kappa shape index (κ3) is 3.09. The first-order valence-electron chi connectivity index (χ1n) is 5.87. The maximum absolute atomic E-state index is 10.5. The van der Waals surface area contributed by atoms with Gasteiger partial charge < -0.3 is 5.11 Å². The Balaban J connectivity index is 2.20. The van der Waals surface area contributed by atoms with Gasteiger partial charge in [-0.15, -0.1) is 0 Å². The molecule has 0 spiro atoms. The second-order valence-corrected chi connectivity index (χ2v) is 5.20. The van der Waals surface area contributed by atoms with Crippen molar-refractivity contribution in [1.29, 1.82) is 0 Å². The molecule has 0 saturated carbocycles. The summed E-state index contributed by atoms with van der Waals surface area (Å²) in [6, 6.07) is 11.3. The first-order chi connectivity index (χ1) is 8.47. The van der Waals surface area contributed by atoms with Gasteiger partial charge in [0.25, 0.3) is 0 Å². The van der Waals surface area contributed by atoms with Crippen LogP contribution in [0.4, 0.5) is 0 Å². The van der Waals surface area contributed by atoms with Gasteiger partial charge >= 0.3 is 0 Å². The van der Waals surface area contributed by atoms with Gasteiger partial charge in [-0.3, -0.25) is 4.98 Å². The molecular weight excluding hydrogens is 246 g/mol. The predicted molar refractivity (Wildman–Crippen MR) is 73.7 cm³/mol. The number of hydrogen-bond donors (Lipinski definition) is 1. The Morgan fingerprint density at radius 3 is 2.39 bits per heavy atom. The normalized spacial score (nSPS) is 14.2. The van der Waals surface area contributed by atoms with Crippen LogP contribution in [0.5, 0.6) is 0 Å². The zero-order valence-electron chi connectivity index (χ0n) is 10.5. The fourth-order valence-electron chi connectivity index (χ4n) is 1.89. The molecule has 18 heavy (non-hydrogen) atoms. The van der Waals surface area contributed by atoms with Crippen molar-refractivity contribution in [1.82, 2.24) is 4.98 Å². The van der Waals surface area contributed by atoms with Crippen molar-refractivity contribution >= 4 is 11.6 Å². The molecule has 0 unspecified atom stereocenters. The van der Waals surface area contributed by atoms with Crippen LogP contribution in [-0.4, -0.2) is 10.1 Å². The first kappa shape index (κ1) is 13.1. The highest BCUT2D eigenvalue weighted by Gasteiger charge is 2.23. The van der Waals surface area contributed by atoms with Crippen LogP contribution in [0.3, 0.4) is 0 Å². The molecule has 2 rings (SSSR count). The van der Waals surface area contributed by atoms with E-state index >= 15 is 0 Å². The SMILES string of the molecule is Cc1ccc([C@@](C)(O)Cc2ccc(Cl)cc2)cn1. The number of halogens is 1. The van der Waals surface area contributed by atoms with Gasteiger partial charge in [0.15, 0.2) is 0 Å². The maximum Gasteiger partial charge on any atom is 0.0923 e. The van der Waals surface area contributed by atoms with Crippen molar-refractivity contribution in [2.75, 3.05) is 0 Å². The summed E-state index contributed by atoms with van der Waals surface area (Å²) in [6.07, 6.45) is 2.26. The lowest BCUT2D eigenvalue weighted by Gasteiger charge is -2.23. The smallest absolute Gasteiger partial charge is 0.0923 e. The molecule has 1 aromatic heterocycles. The lowest BCUT2D eigenvalue weighted by atomic mass is 9.90. The molecule has 0 fully saturated rings. The minimum absolute atomic E-state index is 0.537. The molecule has 1 atom stereocenters. The molecule has 0 aliphatic heterocycles. The Kier molecular flexibility index (Phi) is 3.69. The van der Waals surface area contributed by atoms with Crippen molar-refractivity contribution in [2.24, 2.45) is 0 Å².